The molecule has 2 aliphatic carbocycles. The minimum atomic E-state index is -0.248. The molecule has 0 radical (unpaired) electrons. The van der Waals surface area contributed by atoms with Gasteiger partial charge in [-0.2, -0.15) is 5.10 Å². The number of aliphatic hydroxyl groups excluding tert-OH is 1. The lowest BCUT2D eigenvalue weighted by Crippen LogP contribution is -2.50. The summed E-state index contributed by atoms with van der Waals surface area (Å²) in [6.45, 7) is 8.81. The van der Waals surface area contributed by atoms with Gasteiger partial charge in [-0.25, -0.2) is 0 Å². The Balaban J connectivity index is 1.47. The molecule has 8 heteroatoms. The van der Waals surface area contributed by atoms with Crippen LogP contribution in [0.4, 0.5) is 11.4 Å². The van der Waals surface area contributed by atoms with Gasteiger partial charge in [0.25, 0.3) is 0 Å². The van der Waals surface area contributed by atoms with Crippen molar-refractivity contribution < 1.29 is 14.6 Å². The van der Waals surface area contributed by atoms with Crippen LogP contribution in [-0.2, 0) is 29.0 Å². The van der Waals surface area contributed by atoms with Gasteiger partial charge in [-0.05, 0) is 74.6 Å². The lowest BCUT2D eigenvalue weighted by Gasteiger charge is -2.33. The van der Waals surface area contributed by atoms with E-state index in [9.17, 15) is 9.90 Å². The summed E-state index contributed by atoms with van der Waals surface area (Å²) in [4.78, 5) is 22.4. The second kappa shape index (κ2) is 10.4. The van der Waals surface area contributed by atoms with Crippen molar-refractivity contribution in [3.63, 3.8) is 0 Å². The van der Waals surface area contributed by atoms with Gasteiger partial charge in [-0.3, -0.25) is 19.8 Å². The number of benzene rings is 1. The fourth-order valence-corrected chi connectivity index (χ4v) is 5.72. The van der Waals surface area contributed by atoms with E-state index in [1.54, 1.807) is 4.90 Å². The Kier molecular flexibility index (Phi) is 7.28. The number of morpholine rings is 1. The molecule has 194 valence electrons. The summed E-state index contributed by atoms with van der Waals surface area (Å²) in [5, 5.41) is 18.1. The van der Waals surface area contributed by atoms with Gasteiger partial charge in [0.2, 0.25) is 5.91 Å². The van der Waals surface area contributed by atoms with Gasteiger partial charge in [-0.15, -0.1) is 0 Å². The molecule has 1 amide bonds. The Bertz CT molecular complexity index is 1150. The first kappa shape index (κ1) is 25.1. The van der Waals surface area contributed by atoms with Crippen LogP contribution in [0.1, 0.15) is 61.2 Å². The highest BCUT2D eigenvalue weighted by molar-refractivity contribution is 6.02. The highest BCUT2D eigenvalue weighted by Crippen LogP contribution is 2.48. The van der Waals surface area contributed by atoms with Crippen molar-refractivity contribution >= 4 is 23.0 Å². The number of aliphatic imine (C=N–C) groups is 1. The lowest BCUT2D eigenvalue weighted by atomic mass is 9.93. The number of fused-ring (bicyclic) bond motifs is 2. The van der Waals surface area contributed by atoms with E-state index < -0.39 is 0 Å². The van der Waals surface area contributed by atoms with E-state index >= 15 is 0 Å². The van der Waals surface area contributed by atoms with Gasteiger partial charge in [0, 0.05) is 37.1 Å². The van der Waals surface area contributed by atoms with Crippen LogP contribution in [0.15, 0.2) is 17.1 Å². The van der Waals surface area contributed by atoms with Crippen LogP contribution in [-0.4, -0.2) is 71.2 Å². The molecule has 2 N–H and O–H groups in total. The zero-order valence-corrected chi connectivity index (χ0v) is 22.0. The van der Waals surface area contributed by atoms with Gasteiger partial charge in [0.15, 0.2) is 0 Å². The van der Waals surface area contributed by atoms with Gasteiger partial charge in [0.1, 0.15) is 5.69 Å². The maximum atomic E-state index is 13.4. The summed E-state index contributed by atoms with van der Waals surface area (Å²) < 4.78 is 5.45. The van der Waals surface area contributed by atoms with Crippen LogP contribution in [0.3, 0.4) is 0 Å². The summed E-state index contributed by atoms with van der Waals surface area (Å²) in [5.74, 6) is 1.65. The zero-order valence-electron chi connectivity index (χ0n) is 22.0. The molecule has 3 aliphatic rings. The molecule has 0 spiro atoms. The maximum absolute atomic E-state index is 13.4. The second-order valence-corrected chi connectivity index (χ2v) is 10.6. The van der Waals surface area contributed by atoms with E-state index in [2.05, 4.69) is 16.9 Å². The fraction of sp³-hybridized carbons (Fsp3) is 0.607. The highest BCUT2D eigenvalue weighted by atomic mass is 16.5. The number of likely N-dealkylation sites (N-methyl/N-ethyl adjacent to an activating group) is 1. The first-order chi connectivity index (χ1) is 17.4. The Morgan fingerprint density at radius 2 is 2.06 bits per heavy atom. The number of aliphatic hydroxyl groups is 1. The molecule has 1 aromatic heterocycles. The standard InChI is InChI=1S/C28H39N5O3/c1-5-6-24(27-23-13-19-11-20(19)14-26(23)30-31-27)29-25-15-22(12-21(16-34)17(25)2)32(4)28(35)18(3)33-7-9-36-10-8-33/h12,15,18-20,34H,5-11,13-14,16H2,1-4H3,(H,30,31)/b29-24+. The summed E-state index contributed by atoms with van der Waals surface area (Å²) in [7, 11) is 1.81. The van der Waals surface area contributed by atoms with E-state index in [1.165, 1.54) is 17.7 Å². The van der Waals surface area contributed by atoms with E-state index in [0.717, 1.165) is 84.5 Å². The first-order valence-electron chi connectivity index (χ1n) is 13.4. The van der Waals surface area contributed by atoms with Gasteiger partial charge in [-0.1, -0.05) is 13.3 Å². The molecule has 2 heterocycles. The lowest BCUT2D eigenvalue weighted by molar-refractivity contribution is -0.124. The van der Waals surface area contributed by atoms with Crippen LogP contribution in [0.2, 0.25) is 0 Å². The third-order valence-corrected chi connectivity index (χ3v) is 8.28. The van der Waals surface area contributed by atoms with Crippen LogP contribution in [0.5, 0.6) is 0 Å². The van der Waals surface area contributed by atoms with Crippen LogP contribution in [0, 0.1) is 18.8 Å². The fourth-order valence-electron chi connectivity index (χ4n) is 5.72. The smallest absolute Gasteiger partial charge is 0.243 e. The Morgan fingerprint density at radius 1 is 1.31 bits per heavy atom. The quantitative estimate of drug-likeness (QED) is 0.549. The minimum Gasteiger partial charge on any atom is -0.392 e. The van der Waals surface area contributed by atoms with Crippen LogP contribution in [0.25, 0.3) is 0 Å². The van der Waals surface area contributed by atoms with Crippen molar-refractivity contribution in [3.8, 4) is 0 Å². The molecule has 1 saturated heterocycles. The van der Waals surface area contributed by atoms with Crippen molar-refractivity contribution in [1.82, 2.24) is 15.1 Å². The number of carbonyl (C=O) groups is 1. The van der Waals surface area contributed by atoms with Crippen molar-refractivity contribution in [3.05, 3.63) is 40.2 Å². The van der Waals surface area contributed by atoms with Gasteiger partial charge < -0.3 is 14.7 Å². The Morgan fingerprint density at radius 3 is 2.78 bits per heavy atom. The number of hydrogen-bond donors (Lipinski definition) is 2. The summed E-state index contributed by atoms with van der Waals surface area (Å²) >= 11 is 0. The summed E-state index contributed by atoms with van der Waals surface area (Å²) in [6.07, 6.45) is 5.31. The van der Waals surface area contributed by atoms with Crippen molar-refractivity contribution in [2.75, 3.05) is 38.3 Å². The summed E-state index contributed by atoms with van der Waals surface area (Å²) in [6, 6.07) is 3.63. The number of anilines is 1. The molecule has 2 fully saturated rings. The molecule has 3 atom stereocenters. The third kappa shape index (κ3) is 4.86. The van der Waals surface area contributed by atoms with Crippen LogP contribution >= 0.6 is 0 Å². The molecular formula is C28H39N5O3. The number of nitrogens with zero attached hydrogens (tertiary/aromatic N) is 4. The number of aromatic amines is 1. The predicted molar refractivity (Wildman–Crippen MR) is 141 cm³/mol. The molecule has 1 saturated carbocycles. The molecule has 0 bridgehead atoms. The van der Waals surface area contributed by atoms with Crippen molar-refractivity contribution in [1.29, 1.82) is 0 Å². The van der Waals surface area contributed by atoms with E-state index in [4.69, 9.17) is 14.8 Å². The van der Waals surface area contributed by atoms with E-state index in [0.29, 0.717) is 13.2 Å². The maximum Gasteiger partial charge on any atom is 0.243 e. The Labute approximate surface area is 213 Å². The Hall–Kier alpha value is -2.55. The number of rotatable bonds is 8. The third-order valence-electron chi connectivity index (χ3n) is 8.28. The average Bonchev–Trinajstić information content (AvgIpc) is 3.55. The summed E-state index contributed by atoms with van der Waals surface area (Å²) in [5.41, 5.74) is 7.84. The molecule has 3 unspecified atom stereocenters. The first-order valence-corrected chi connectivity index (χ1v) is 13.4. The molecule has 36 heavy (non-hydrogen) atoms. The average molecular weight is 494 g/mol. The largest absolute Gasteiger partial charge is 0.392 e. The molecule has 5 rings (SSSR count). The molecule has 8 nitrogen and oxygen atoms in total. The topological polar surface area (TPSA) is 94.1 Å². The SMILES string of the molecule is CCC/C(=N\c1cc(N(C)C(=O)C(C)N2CCOCC2)cc(CO)c1C)c1n[nH]c2c1CC1CC1C2. The van der Waals surface area contributed by atoms with Crippen LogP contribution < -0.4 is 4.90 Å². The van der Waals surface area contributed by atoms with Gasteiger partial charge in [0.05, 0.1) is 37.3 Å². The number of nitrogens with one attached hydrogen (secondary N) is 1. The number of aromatic nitrogens is 2. The number of carbonyl (C=O) groups excluding carboxylic acids is 1. The normalized spacial score (nSPS) is 22.6. The highest BCUT2D eigenvalue weighted by Gasteiger charge is 2.43. The predicted octanol–water partition coefficient (Wildman–Crippen LogP) is 3.55. The monoisotopic (exact) mass is 493 g/mol. The van der Waals surface area contributed by atoms with Gasteiger partial charge >= 0.3 is 0 Å². The molecule has 1 aromatic carbocycles. The second-order valence-electron chi connectivity index (χ2n) is 10.6. The van der Waals surface area contributed by atoms with E-state index in [-0.39, 0.29) is 18.6 Å². The van der Waals surface area contributed by atoms with Crippen molar-refractivity contribution in [2.45, 2.75) is 65.5 Å². The zero-order chi connectivity index (χ0) is 25.4. The van der Waals surface area contributed by atoms with Crippen molar-refractivity contribution in [2.24, 2.45) is 16.8 Å². The number of H-pyrrole nitrogens is 1. The number of ether oxygens (including phenoxy) is 1. The van der Waals surface area contributed by atoms with E-state index in [1.807, 2.05) is 33.0 Å². The molecular weight excluding hydrogens is 454 g/mol. The number of hydrogen-bond acceptors (Lipinski definition) is 6. The number of amides is 1. The molecule has 2 aromatic rings. The molecule has 1 aliphatic heterocycles. The minimum absolute atomic E-state index is 0.0220.